The Morgan fingerprint density at radius 3 is 1.94 bits per heavy atom. The first kappa shape index (κ1) is 16.9. The second-order valence-corrected chi connectivity index (χ2v) is 9.31. The van der Waals surface area contributed by atoms with Gasteiger partial charge in [-0.2, -0.15) is 0 Å². The van der Waals surface area contributed by atoms with E-state index in [0.717, 1.165) is 25.9 Å². The Labute approximate surface area is 107 Å². The molecule has 0 aromatic rings. The van der Waals surface area contributed by atoms with Crippen LogP contribution in [0.1, 0.15) is 54.4 Å². The maximum absolute atomic E-state index is 12.0. The molecule has 0 radical (unpaired) electrons. The molecule has 0 aromatic carbocycles. The second-order valence-electron chi connectivity index (χ2n) is 6.45. The molecule has 0 rings (SSSR count). The van der Waals surface area contributed by atoms with Gasteiger partial charge >= 0.3 is 0 Å². The molecule has 0 aliphatic carbocycles. The Kier molecular flexibility index (Phi) is 6.15. The van der Waals surface area contributed by atoms with E-state index < -0.39 is 14.6 Å². The number of hydrogen-bond donors (Lipinski definition) is 1. The van der Waals surface area contributed by atoms with Crippen LogP contribution < -0.4 is 5.32 Å². The molecular weight excluding hydrogens is 234 g/mol. The molecule has 0 heterocycles. The van der Waals surface area contributed by atoms with Crippen LogP contribution in [-0.2, 0) is 9.84 Å². The zero-order valence-electron chi connectivity index (χ0n) is 12.3. The fourth-order valence-corrected chi connectivity index (χ4v) is 2.88. The zero-order chi connectivity index (χ0) is 13.7. The molecular formula is C13H29NO2S. The van der Waals surface area contributed by atoms with Gasteiger partial charge in [-0.1, -0.05) is 20.8 Å². The summed E-state index contributed by atoms with van der Waals surface area (Å²) < 4.78 is 23.4. The van der Waals surface area contributed by atoms with Gasteiger partial charge in [0.1, 0.15) is 0 Å². The minimum absolute atomic E-state index is 0.0838. The quantitative estimate of drug-likeness (QED) is 0.718. The van der Waals surface area contributed by atoms with Gasteiger partial charge in [0.25, 0.3) is 0 Å². The normalized spacial score (nSPS) is 14.0. The average molecular weight is 263 g/mol. The van der Waals surface area contributed by atoms with Crippen LogP contribution in [0.25, 0.3) is 0 Å². The maximum atomic E-state index is 12.0. The number of sulfone groups is 1. The maximum Gasteiger partial charge on any atom is 0.155 e. The third kappa shape index (κ3) is 6.41. The molecule has 17 heavy (non-hydrogen) atoms. The Morgan fingerprint density at radius 2 is 1.53 bits per heavy atom. The highest BCUT2D eigenvalue weighted by Gasteiger charge is 2.30. The summed E-state index contributed by atoms with van der Waals surface area (Å²) in [5.41, 5.74) is 0.0838. The summed E-state index contributed by atoms with van der Waals surface area (Å²) in [6, 6.07) is 0. The predicted octanol–water partition coefficient (Wildman–Crippen LogP) is 2.62. The van der Waals surface area contributed by atoms with Crippen LogP contribution >= 0.6 is 0 Å². The summed E-state index contributed by atoms with van der Waals surface area (Å²) in [4.78, 5) is 0. The molecule has 0 bridgehead atoms. The van der Waals surface area contributed by atoms with Crippen molar-refractivity contribution < 1.29 is 8.42 Å². The highest BCUT2D eigenvalue weighted by atomic mass is 32.2. The minimum Gasteiger partial charge on any atom is -0.317 e. The molecule has 1 N–H and O–H groups in total. The summed E-state index contributed by atoms with van der Waals surface area (Å²) >= 11 is 0. The van der Waals surface area contributed by atoms with Crippen LogP contribution in [0.3, 0.4) is 0 Å². The molecule has 0 unspecified atom stereocenters. The third-order valence-electron chi connectivity index (χ3n) is 3.21. The molecule has 0 amide bonds. The molecule has 0 fully saturated rings. The van der Waals surface area contributed by atoms with Gasteiger partial charge in [0, 0.05) is 0 Å². The van der Waals surface area contributed by atoms with Crippen LogP contribution in [-0.4, -0.2) is 32.0 Å². The van der Waals surface area contributed by atoms with Crippen LogP contribution in [0.4, 0.5) is 0 Å². The smallest absolute Gasteiger partial charge is 0.155 e. The van der Waals surface area contributed by atoms with Crippen molar-refractivity contribution in [3.05, 3.63) is 0 Å². The van der Waals surface area contributed by atoms with E-state index in [0.29, 0.717) is 0 Å². The zero-order valence-corrected chi connectivity index (χ0v) is 13.1. The van der Waals surface area contributed by atoms with Gasteiger partial charge in [-0.05, 0) is 52.1 Å². The van der Waals surface area contributed by atoms with Crippen LogP contribution in [0.2, 0.25) is 0 Å². The van der Waals surface area contributed by atoms with Crippen molar-refractivity contribution in [3.63, 3.8) is 0 Å². The van der Waals surface area contributed by atoms with Crippen LogP contribution in [0, 0.1) is 5.41 Å². The van der Waals surface area contributed by atoms with Gasteiger partial charge in [-0.25, -0.2) is 8.42 Å². The third-order valence-corrected chi connectivity index (χ3v) is 5.82. The number of nitrogens with one attached hydrogen (secondary N) is 1. The monoisotopic (exact) mass is 263 g/mol. The van der Waals surface area contributed by atoms with E-state index in [9.17, 15) is 8.42 Å². The number of rotatable bonds is 7. The van der Waals surface area contributed by atoms with Gasteiger partial charge in [0.15, 0.2) is 9.84 Å². The Hall–Kier alpha value is -0.0900. The molecule has 0 aliphatic rings. The molecule has 0 saturated heterocycles. The predicted molar refractivity (Wildman–Crippen MR) is 75.1 cm³/mol. The molecule has 0 saturated carbocycles. The summed E-state index contributed by atoms with van der Waals surface area (Å²) in [5, 5.41) is 3.28. The topological polar surface area (TPSA) is 46.2 Å². The van der Waals surface area contributed by atoms with E-state index in [-0.39, 0.29) is 11.2 Å². The van der Waals surface area contributed by atoms with Gasteiger partial charge in [0.2, 0.25) is 0 Å². The lowest BCUT2D eigenvalue weighted by Crippen LogP contribution is -2.33. The fourth-order valence-electron chi connectivity index (χ4n) is 1.45. The highest BCUT2D eigenvalue weighted by molar-refractivity contribution is 7.92. The van der Waals surface area contributed by atoms with E-state index in [1.54, 1.807) is 20.8 Å². The summed E-state index contributed by atoms with van der Waals surface area (Å²) in [5.74, 6) is 0.287. The van der Waals surface area contributed by atoms with Crippen molar-refractivity contribution in [1.82, 2.24) is 5.32 Å². The number of hydrogen-bond acceptors (Lipinski definition) is 3. The van der Waals surface area contributed by atoms with E-state index in [1.807, 2.05) is 0 Å². The lowest BCUT2D eigenvalue weighted by atomic mass is 9.86. The van der Waals surface area contributed by atoms with Crippen molar-refractivity contribution in [2.24, 2.45) is 5.41 Å². The highest BCUT2D eigenvalue weighted by Crippen LogP contribution is 2.27. The Bertz CT molecular complexity index is 313. The van der Waals surface area contributed by atoms with Crippen LogP contribution in [0.15, 0.2) is 0 Å². The largest absolute Gasteiger partial charge is 0.317 e. The standard InChI is InChI=1S/C13H29NO2S/c1-7-14-10-8-13(5,6)9-11-17(15,16)12(2,3)4/h14H,7-11H2,1-6H3. The second kappa shape index (κ2) is 6.19. The van der Waals surface area contributed by atoms with Gasteiger partial charge in [0.05, 0.1) is 10.5 Å². The molecule has 0 spiro atoms. The first-order valence-corrected chi connectivity index (χ1v) is 8.10. The van der Waals surface area contributed by atoms with E-state index in [2.05, 4.69) is 26.1 Å². The van der Waals surface area contributed by atoms with E-state index in [1.165, 1.54) is 0 Å². The lowest BCUT2D eigenvalue weighted by molar-refractivity contribution is 0.317. The van der Waals surface area contributed by atoms with Crippen molar-refractivity contribution in [3.8, 4) is 0 Å². The van der Waals surface area contributed by atoms with Crippen LogP contribution in [0.5, 0.6) is 0 Å². The van der Waals surface area contributed by atoms with Crippen molar-refractivity contribution in [1.29, 1.82) is 0 Å². The van der Waals surface area contributed by atoms with Gasteiger partial charge in [-0.15, -0.1) is 0 Å². The first-order valence-electron chi connectivity index (χ1n) is 6.45. The first-order chi connectivity index (χ1) is 7.52. The SMILES string of the molecule is CCNCCC(C)(C)CCS(=O)(=O)C(C)(C)C. The molecule has 3 nitrogen and oxygen atoms in total. The van der Waals surface area contributed by atoms with Crippen molar-refractivity contribution in [2.75, 3.05) is 18.8 Å². The van der Waals surface area contributed by atoms with E-state index >= 15 is 0 Å². The molecule has 104 valence electrons. The molecule has 4 heteroatoms. The molecule has 0 atom stereocenters. The fraction of sp³-hybridized carbons (Fsp3) is 1.00. The summed E-state index contributed by atoms with van der Waals surface area (Å²) in [7, 11) is -2.98. The van der Waals surface area contributed by atoms with Gasteiger partial charge < -0.3 is 5.32 Å². The van der Waals surface area contributed by atoms with Crippen molar-refractivity contribution >= 4 is 9.84 Å². The molecule has 0 aromatic heterocycles. The molecule has 0 aliphatic heterocycles. The van der Waals surface area contributed by atoms with Crippen molar-refractivity contribution in [2.45, 2.75) is 59.1 Å². The summed E-state index contributed by atoms with van der Waals surface area (Å²) in [6.45, 7) is 13.6. The van der Waals surface area contributed by atoms with Gasteiger partial charge in [-0.3, -0.25) is 0 Å². The minimum atomic E-state index is -2.98. The summed E-state index contributed by atoms with van der Waals surface area (Å²) in [6.07, 6.45) is 1.75. The van der Waals surface area contributed by atoms with E-state index in [4.69, 9.17) is 0 Å². The Morgan fingerprint density at radius 1 is 1.00 bits per heavy atom. The lowest BCUT2D eigenvalue weighted by Gasteiger charge is -2.27. The average Bonchev–Trinajstić information content (AvgIpc) is 2.14. The Balaban J connectivity index is 4.27.